The second-order valence-corrected chi connectivity index (χ2v) is 2.93. The predicted octanol–water partition coefficient (Wildman–Crippen LogP) is 0.630. The maximum Gasteiger partial charge on any atom is 0.407 e. The molecule has 5 heteroatoms. The third-order valence-corrected chi connectivity index (χ3v) is 1.98. The van der Waals surface area contributed by atoms with E-state index in [1.165, 1.54) is 0 Å². The molecule has 1 aliphatic heterocycles. The molecule has 1 rings (SSSR count). The van der Waals surface area contributed by atoms with E-state index in [9.17, 15) is 13.2 Å². The van der Waals surface area contributed by atoms with Crippen LogP contribution in [0.2, 0.25) is 0 Å². The topological polar surface area (TPSA) is 38.0 Å². The van der Waals surface area contributed by atoms with Gasteiger partial charge in [-0.25, -0.2) is 0 Å². The van der Waals surface area contributed by atoms with E-state index < -0.39 is 11.7 Å². The van der Waals surface area contributed by atoms with Crippen molar-refractivity contribution in [2.75, 3.05) is 13.1 Å². The highest BCUT2D eigenvalue weighted by atomic mass is 19.4. The van der Waals surface area contributed by atoms with Crippen LogP contribution in [0.25, 0.3) is 0 Å². The fraction of sp³-hybridized carbons (Fsp3) is 1.00. The molecule has 0 bridgehead atoms. The van der Waals surface area contributed by atoms with E-state index in [0.717, 1.165) is 0 Å². The molecule has 66 valence electrons. The summed E-state index contributed by atoms with van der Waals surface area (Å²) in [6.45, 7) is 0.478. The van der Waals surface area contributed by atoms with Gasteiger partial charge in [0.1, 0.15) is 5.54 Å². The molecule has 0 aliphatic carbocycles. The Labute approximate surface area is 62.9 Å². The monoisotopic (exact) mass is 168 g/mol. The van der Waals surface area contributed by atoms with Crippen molar-refractivity contribution in [2.24, 2.45) is 5.73 Å². The smallest absolute Gasteiger partial charge is 0.317 e. The lowest BCUT2D eigenvalue weighted by Crippen LogP contribution is -2.62. The Kier molecular flexibility index (Phi) is 2.11. The predicted molar refractivity (Wildman–Crippen MR) is 35.1 cm³/mol. The SMILES string of the molecule is NC1(C(F)(F)F)CCCNC1. The van der Waals surface area contributed by atoms with Gasteiger partial charge in [-0.1, -0.05) is 0 Å². The largest absolute Gasteiger partial charge is 0.407 e. The van der Waals surface area contributed by atoms with Crippen LogP contribution < -0.4 is 11.1 Å². The molecule has 0 radical (unpaired) electrons. The fourth-order valence-electron chi connectivity index (χ4n) is 1.17. The number of rotatable bonds is 0. The molecule has 0 amide bonds. The van der Waals surface area contributed by atoms with E-state index in [-0.39, 0.29) is 13.0 Å². The van der Waals surface area contributed by atoms with E-state index in [1.54, 1.807) is 0 Å². The summed E-state index contributed by atoms with van der Waals surface area (Å²) in [6, 6.07) is 0. The second-order valence-electron chi connectivity index (χ2n) is 2.93. The van der Waals surface area contributed by atoms with Gasteiger partial charge in [0.25, 0.3) is 0 Å². The molecule has 0 saturated carbocycles. The molecule has 0 aromatic rings. The van der Waals surface area contributed by atoms with Crippen molar-refractivity contribution in [2.45, 2.75) is 24.6 Å². The van der Waals surface area contributed by atoms with Gasteiger partial charge in [0.05, 0.1) is 0 Å². The summed E-state index contributed by atoms with van der Waals surface area (Å²) < 4.78 is 36.5. The molecule has 1 unspecified atom stereocenters. The lowest BCUT2D eigenvalue weighted by atomic mass is 9.91. The number of piperidine rings is 1. The quantitative estimate of drug-likeness (QED) is 0.556. The van der Waals surface area contributed by atoms with Crippen LogP contribution in [-0.4, -0.2) is 24.8 Å². The van der Waals surface area contributed by atoms with Crippen LogP contribution in [0, 0.1) is 0 Å². The molecule has 1 atom stereocenters. The van der Waals surface area contributed by atoms with Crippen LogP contribution in [0.4, 0.5) is 13.2 Å². The highest BCUT2D eigenvalue weighted by molar-refractivity contribution is 4.96. The van der Waals surface area contributed by atoms with Crippen molar-refractivity contribution in [3.05, 3.63) is 0 Å². The normalized spacial score (nSPS) is 33.8. The summed E-state index contributed by atoms with van der Waals surface area (Å²) in [7, 11) is 0. The van der Waals surface area contributed by atoms with Crippen LogP contribution in [0.5, 0.6) is 0 Å². The number of hydrogen-bond donors (Lipinski definition) is 2. The molecule has 1 saturated heterocycles. The molecule has 2 nitrogen and oxygen atoms in total. The Bertz CT molecular complexity index is 137. The summed E-state index contributed by atoms with van der Waals surface area (Å²) in [5.74, 6) is 0. The maximum atomic E-state index is 12.2. The first-order valence-electron chi connectivity index (χ1n) is 3.52. The van der Waals surface area contributed by atoms with E-state index in [0.29, 0.717) is 13.0 Å². The first-order chi connectivity index (χ1) is 4.96. The van der Waals surface area contributed by atoms with Crippen LogP contribution in [0.1, 0.15) is 12.8 Å². The molecule has 3 N–H and O–H groups in total. The lowest BCUT2D eigenvalue weighted by molar-refractivity contribution is -0.189. The van der Waals surface area contributed by atoms with E-state index >= 15 is 0 Å². The van der Waals surface area contributed by atoms with Crippen molar-refractivity contribution in [3.63, 3.8) is 0 Å². The molecule has 1 aliphatic rings. The summed E-state index contributed by atoms with van der Waals surface area (Å²) in [6.07, 6.45) is -3.75. The third kappa shape index (κ3) is 1.65. The second kappa shape index (κ2) is 2.64. The van der Waals surface area contributed by atoms with Crippen LogP contribution in [0.15, 0.2) is 0 Å². The van der Waals surface area contributed by atoms with Gasteiger partial charge in [0, 0.05) is 6.54 Å². The van der Waals surface area contributed by atoms with Gasteiger partial charge >= 0.3 is 6.18 Å². The summed E-state index contributed by atoms with van der Waals surface area (Å²) in [5.41, 5.74) is 3.15. The van der Waals surface area contributed by atoms with Crippen LogP contribution in [-0.2, 0) is 0 Å². The van der Waals surface area contributed by atoms with Gasteiger partial charge in [-0.2, -0.15) is 13.2 Å². The summed E-state index contributed by atoms with van der Waals surface area (Å²) >= 11 is 0. The highest BCUT2D eigenvalue weighted by Crippen LogP contribution is 2.32. The van der Waals surface area contributed by atoms with Crippen molar-refractivity contribution in [1.82, 2.24) is 5.32 Å². The summed E-state index contributed by atoms with van der Waals surface area (Å²) in [5, 5.41) is 2.64. The average molecular weight is 168 g/mol. The van der Waals surface area contributed by atoms with Gasteiger partial charge in [-0.3, -0.25) is 0 Å². The molecular formula is C6H11F3N2. The Hall–Kier alpha value is -0.290. The zero-order valence-electron chi connectivity index (χ0n) is 6.04. The highest BCUT2D eigenvalue weighted by Gasteiger charge is 2.51. The van der Waals surface area contributed by atoms with Gasteiger partial charge in [0.2, 0.25) is 0 Å². The molecule has 0 aromatic carbocycles. The lowest BCUT2D eigenvalue weighted by Gasteiger charge is -2.35. The summed E-state index contributed by atoms with van der Waals surface area (Å²) in [4.78, 5) is 0. The number of hydrogen-bond acceptors (Lipinski definition) is 2. The molecule has 11 heavy (non-hydrogen) atoms. The average Bonchev–Trinajstić information content (AvgIpc) is 1.87. The minimum absolute atomic E-state index is 0.0312. The number of alkyl halides is 3. The van der Waals surface area contributed by atoms with Crippen LogP contribution >= 0.6 is 0 Å². The minimum atomic E-state index is -4.28. The number of halogens is 3. The first kappa shape index (κ1) is 8.80. The van der Waals surface area contributed by atoms with Crippen molar-refractivity contribution in [1.29, 1.82) is 0 Å². The molecule has 1 fully saturated rings. The van der Waals surface area contributed by atoms with Gasteiger partial charge < -0.3 is 11.1 Å². The van der Waals surface area contributed by atoms with E-state index in [2.05, 4.69) is 5.32 Å². The van der Waals surface area contributed by atoms with Crippen molar-refractivity contribution < 1.29 is 13.2 Å². The number of nitrogens with one attached hydrogen (secondary N) is 1. The Morgan fingerprint density at radius 3 is 2.27 bits per heavy atom. The Morgan fingerprint density at radius 1 is 1.36 bits per heavy atom. The number of nitrogens with two attached hydrogens (primary N) is 1. The third-order valence-electron chi connectivity index (χ3n) is 1.98. The minimum Gasteiger partial charge on any atom is -0.317 e. The standard InChI is InChI=1S/C6H11F3N2/c7-6(8,9)5(10)2-1-3-11-4-5/h11H,1-4,10H2. The zero-order valence-corrected chi connectivity index (χ0v) is 6.04. The maximum absolute atomic E-state index is 12.2. The molecule has 1 heterocycles. The first-order valence-corrected chi connectivity index (χ1v) is 3.52. The molecular weight excluding hydrogens is 157 g/mol. The van der Waals surface area contributed by atoms with Crippen molar-refractivity contribution in [3.8, 4) is 0 Å². The molecule has 0 aromatic heterocycles. The molecule has 0 spiro atoms. The Morgan fingerprint density at radius 2 is 2.00 bits per heavy atom. The van der Waals surface area contributed by atoms with E-state index in [1.807, 2.05) is 0 Å². The zero-order chi connectivity index (χ0) is 8.54. The van der Waals surface area contributed by atoms with Gasteiger partial charge in [-0.15, -0.1) is 0 Å². The van der Waals surface area contributed by atoms with Gasteiger partial charge in [-0.05, 0) is 19.4 Å². The fourth-order valence-corrected chi connectivity index (χ4v) is 1.17. The van der Waals surface area contributed by atoms with Crippen LogP contribution in [0.3, 0.4) is 0 Å². The van der Waals surface area contributed by atoms with E-state index in [4.69, 9.17) is 5.73 Å². The Balaban J connectivity index is 2.64. The van der Waals surface area contributed by atoms with Gasteiger partial charge in [0.15, 0.2) is 0 Å². The van der Waals surface area contributed by atoms with Crippen molar-refractivity contribution >= 4 is 0 Å².